The number of alkyl halides is 3. The zero-order chi connectivity index (χ0) is 30.7. The zero-order valence-electron chi connectivity index (χ0n) is 23.6. The lowest BCUT2D eigenvalue weighted by molar-refractivity contribution is -0.160. The predicted molar refractivity (Wildman–Crippen MR) is 150 cm³/mol. The number of aromatic nitrogens is 1. The van der Waals surface area contributed by atoms with Gasteiger partial charge in [0.05, 0.1) is 11.3 Å². The number of rotatable bonds is 9. The molecule has 42 heavy (non-hydrogen) atoms. The number of piperazine rings is 1. The number of benzene rings is 2. The Morgan fingerprint density at radius 3 is 2.10 bits per heavy atom. The van der Waals surface area contributed by atoms with Gasteiger partial charge in [-0.15, -0.1) is 0 Å². The van der Waals surface area contributed by atoms with Crippen LogP contribution in [0.1, 0.15) is 49.9 Å². The quantitative estimate of drug-likeness (QED) is 0.326. The van der Waals surface area contributed by atoms with E-state index in [-0.39, 0.29) is 17.5 Å². The Labute approximate surface area is 241 Å². The molecule has 0 radical (unpaired) electrons. The van der Waals surface area contributed by atoms with Crippen LogP contribution in [-0.4, -0.2) is 59.0 Å². The Balaban J connectivity index is 1.40. The number of hydrogen-bond acceptors (Lipinski definition) is 6. The summed E-state index contributed by atoms with van der Waals surface area (Å²) in [5.74, 6) is -4.65. The fourth-order valence-corrected chi connectivity index (χ4v) is 5.36. The maximum Gasteiger partial charge on any atom is 0.452 e. The molecule has 224 valence electrons. The highest BCUT2D eigenvalue weighted by Gasteiger charge is 2.45. The van der Waals surface area contributed by atoms with Crippen molar-refractivity contribution in [2.45, 2.75) is 39.8 Å². The van der Waals surface area contributed by atoms with E-state index in [4.69, 9.17) is 4.42 Å². The molecule has 0 bridgehead atoms. The van der Waals surface area contributed by atoms with E-state index in [1.807, 2.05) is 4.90 Å². The molecule has 12 heteroatoms. The molecule has 1 aliphatic rings. The Morgan fingerprint density at radius 2 is 1.57 bits per heavy atom. The van der Waals surface area contributed by atoms with Crippen molar-refractivity contribution in [2.24, 2.45) is 11.3 Å². The van der Waals surface area contributed by atoms with Gasteiger partial charge in [0, 0.05) is 43.1 Å². The molecular formula is C30H33F3N4O5. The van der Waals surface area contributed by atoms with E-state index in [1.165, 1.54) is 12.1 Å². The number of amides is 2. The van der Waals surface area contributed by atoms with Gasteiger partial charge < -0.3 is 24.6 Å². The van der Waals surface area contributed by atoms with Crippen LogP contribution in [0.15, 0.2) is 59.0 Å². The molecule has 1 atom stereocenters. The summed E-state index contributed by atoms with van der Waals surface area (Å²) >= 11 is 0. The van der Waals surface area contributed by atoms with Crippen molar-refractivity contribution >= 4 is 29.2 Å². The van der Waals surface area contributed by atoms with E-state index in [0.717, 1.165) is 5.69 Å². The van der Waals surface area contributed by atoms with Crippen molar-refractivity contribution in [1.82, 2.24) is 9.88 Å². The van der Waals surface area contributed by atoms with Crippen LogP contribution in [0.25, 0.3) is 11.5 Å². The molecule has 0 saturated carbocycles. The third kappa shape index (κ3) is 6.12. The average molecular weight is 587 g/mol. The summed E-state index contributed by atoms with van der Waals surface area (Å²) in [6.45, 7) is 7.11. The van der Waals surface area contributed by atoms with Crippen LogP contribution in [0.5, 0.6) is 0 Å². The first kappa shape index (κ1) is 30.6. The number of aliphatic carboxylic acids is 1. The summed E-state index contributed by atoms with van der Waals surface area (Å²) in [6, 6.07) is 14.6. The second-order valence-corrected chi connectivity index (χ2v) is 10.3. The van der Waals surface area contributed by atoms with Gasteiger partial charge in [-0.2, -0.15) is 13.2 Å². The molecule has 3 aromatic rings. The first-order chi connectivity index (χ1) is 19.9. The van der Waals surface area contributed by atoms with Crippen LogP contribution >= 0.6 is 0 Å². The fourth-order valence-electron chi connectivity index (χ4n) is 5.36. The van der Waals surface area contributed by atoms with Crippen LogP contribution in [0.4, 0.5) is 24.5 Å². The number of carboxylic acid groups (broad SMARTS) is 1. The highest BCUT2D eigenvalue weighted by molar-refractivity contribution is 6.04. The lowest BCUT2D eigenvalue weighted by atomic mass is 9.71. The molecule has 0 spiro atoms. The van der Waals surface area contributed by atoms with Crippen LogP contribution < -0.4 is 10.2 Å². The van der Waals surface area contributed by atoms with Crippen LogP contribution in [0, 0.1) is 11.3 Å². The topological polar surface area (TPSA) is 116 Å². The van der Waals surface area contributed by atoms with Crippen LogP contribution in [-0.2, 0) is 15.8 Å². The number of carboxylic acids is 1. The number of halogens is 3. The lowest BCUT2D eigenvalue weighted by Gasteiger charge is -2.40. The molecule has 2 N–H and O–H groups in total. The smallest absolute Gasteiger partial charge is 0.452 e. The van der Waals surface area contributed by atoms with Gasteiger partial charge in [0.1, 0.15) is 0 Å². The van der Waals surface area contributed by atoms with Gasteiger partial charge >= 0.3 is 12.1 Å². The van der Waals surface area contributed by atoms with Crippen molar-refractivity contribution in [3.8, 4) is 11.5 Å². The highest BCUT2D eigenvalue weighted by Crippen LogP contribution is 2.38. The summed E-state index contributed by atoms with van der Waals surface area (Å²) in [5.41, 5.74) is -0.588. The van der Waals surface area contributed by atoms with Crippen molar-refractivity contribution in [2.75, 3.05) is 36.4 Å². The average Bonchev–Trinajstić information content (AvgIpc) is 3.45. The number of carbonyl (C=O) groups excluding carboxylic acids is 2. The maximum atomic E-state index is 13.6. The van der Waals surface area contributed by atoms with E-state index in [1.54, 1.807) is 68.1 Å². The number of oxazole rings is 1. The summed E-state index contributed by atoms with van der Waals surface area (Å²) < 4.78 is 45.8. The molecule has 2 amide bonds. The summed E-state index contributed by atoms with van der Waals surface area (Å²) in [4.78, 5) is 45.5. The molecular weight excluding hydrogens is 553 g/mol. The van der Waals surface area contributed by atoms with E-state index in [0.29, 0.717) is 44.6 Å². The van der Waals surface area contributed by atoms with E-state index in [2.05, 4.69) is 10.3 Å². The van der Waals surface area contributed by atoms with Gasteiger partial charge in [0.25, 0.3) is 5.91 Å². The Morgan fingerprint density at radius 1 is 0.976 bits per heavy atom. The number of anilines is 2. The van der Waals surface area contributed by atoms with Gasteiger partial charge in [-0.25, -0.2) is 4.98 Å². The van der Waals surface area contributed by atoms with E-state index in [9.17, 15) is 32.7 Å². The Bertz CT molecular complexity index is 1410. The molecule has 1 unspecified atom stereocenters. The minimum atomic E-state index is -4.92. The first-order valence-electron chi connectivity index (χ1n) is 13.7. The molecule has 0 aliphatic carbocycles. The molecule has 9 nitrogen and oxygen atoms in total. The molecule has 1 fully saturated rings. The zero-order valence-corrected chi connectivity index (χ0v) is 23.6. The predicted octanol–water partition coefficient (Wildman–Crippen LogP) is 5.79. The van der Waals surface area contributed by atoms with Gasteiger partial charge in [0.15, 0.2) is 5.69 Å². The molecule has 1 saturated heterocycles. The maximum absolute atomic E-state index is 13.6. The van der Waals surface area contributed by atoms with Crippen molar-refractivity contribution in [3.05, 3.63) is 66.1 Å². The number of carbonyl (C=O) groups is 3. The number of hydrogen-bond donors (Lipinski definition) is 2. The minimum absolute atomic E-state index is 0.180. The third-order valence-electron chi connectivity index (χ3n) is 8.09. The second kappa shape index (κ2) is 12.3. The Kier molecular flexibility index (Phi) is 8.93. The first-order valence-corrected chi connectivity index (χ1v) is 13.7. The lowest BCUT2D eigenvalue weighted by Crippen LogP contribution is -2.53. The standard InChI is InChI=1S/C30H33F3N4O5/c1-4-29(5-2,28(40)41)19(3)27(39)37-17-15-36(16-18-37)22-13-11-21(12-14-22)34-25(38)23-24(30(31,32)33)42-26(35-23)20-9-7-6-8-10-20/h6-14,19H,4-5,15-18H2,1-3H3,(H,34,38)(H,40,41). The normalized spacial score (nSPS) is 14.9. The van der Waals surface area contributed by atoms with Crippen molar-refractivity contribution in [3.63, 3.8) is 0 Å². The Hall–Kier alpha value is -4.35. The van der Waals surface area contributed by atoms with Gasteiger partial charge in [-0.3, -0.25) is 14.4 Å². The summed E-state index contributed by atoms with van der Waals surface area (Å²) in [6.07, 6.45) is -4.20. The molecule has 2 aromatic carbocycles. The van der Waals surface area contributed by atoms with Crippen LogP contribution in [0.2, 0.25) is 0 Å². The number of nitrogens with one attached hydrogen (secondary N) is 1. The van der Waals surface area contributed by atoms with Gasteiger partial charge in [0.2, 0.25) is 17.6 Å². The molecule has 2 heterocycles. The number of nitrogens with zero attached hydrogens (tertiary/aromatic N) is 3. The highest BCUT2D eigenvalue weighted by atomic mass is 19.4. The van der Waals surface area contributed by atoms with Gasteiger partial charge in [-0.05, 0) is 49.2 Å². The monoisotopic (exact) mass is 586 g/mol. The molecule has 1 aromatic heterocycles. The van der Waals surface area contributed by atoms with E-state index < -0.39 is 40.8 Å². The van der Waals surface area contributed by atoms with Crippen molar-refractivity contribution in [1.29, 1.82) is 0 Å². The fraction of sp³-hybridized carbons (Fsp3) is 0.400. The summed E-state index contributed by atoms with van der Waals surface area (Å²) in [7, 11) is 0. The second-order valence-electron chi connectivity index (χ2n) is 10.3. The minimum Gasteiger partial charge on any atom is -0.481 e. The van der Waals surface area contributed by atoms with Gasteiger partial charge in [-0.1, -0.05) is 39.0 Å². The third-order valence-corrected chi connectivity index (χ3v) is 8.09. The van der Waals surface area contributed by atoms with E-state index >= 15 is 0 Å². The molecule has 1 aliphatic heterocycles. The van der Waals surface area contributed by atoms with Crippen LogP contribution in [0.3, 0.4) is 0 Å². The van der Waals surface area contributed by atoms with Crippen molar-refractivity contribution < 1.29 is 37.1 Å². The largest absolute Gasteiger partial charge is 0.481 e. The SMILES string of the molecule is CCC(CC)(C(=O)O)C(C)C(=O)N1CCN(c2ccc(NC(=O)c3nc(-c4ccccc4)oc3C(F)(F)F)cc2)CC1. The summed E-state index contributed by atoms with van der Waals surface area (Å²) in [5, 5.41) is 12.3. The molecule has 4 rings (SSSR count).